The van der Waals surface area contributed by atoms with Gasteiger partial charge in [-0.25, -0.2) is 0 Å². The molecule has 0 aliphatic carbocycles. The molecule has 0 fully saturated rings. The number of carbonyl (C=O) groups excluding carboxylic acids is 3. The summed E-state index contributed by atoms with van der Waals surface area (Å²) in [5, 5.41) is 0. The molecule has 0 aromatic heterocycles. The van der Waals surface area contributed by atoms with E-state index in [-0.39, 0.29) is 31.1 Å². The van der Waals surface area contributed by atoms with E-state index in [0.717, 1.165) is 64.2 Å². The lowest BCUT2D eigenvalue weighted by Crippen LogP contribution is -2.30. The van der Waals surface area contributed by atoms with Crippen molar-refractivity contribution in [1.82, 2.24) is 0 Å². The lowest BCUT2D eigenvalue weighted by atomic mass is 10.1. The van der Waals surface area contributed by atoms with Crippen molar-refractivity contribution in [3.63, 3.8) is 0 Å². The van der Waals surface area contributed by atoms with Crippen LogP contribution < -0.4 is 0 Å². The van der Waals surface area contributed by atoms with E-state index in [4.69, 9.17) is 14.2 Å². The summed E-state index contributed by atoms with van der Waals surface area (Å²) in [7, 11) is 0. The van der Waals surface area contributed by atoms with Gasteiger partial charge in [-0.15, -0.1) is 0 Å². The fraction of sp³-hybridized carbons (Fsp3) is 0.875. The second kappa shape index (κ2) is 51.5. The van der Waals surface area contributed by atoms with Crippen LogP contribution in [0, 0.1) is 0 Å². The van der Waals surface area contributed by atoms with Gasteiger partial charge < -0.3 is 14.2 Å². The zero-order valence-corrected chi connectivity index (χ0v) is 41.7. The van der Waals surface area contributed by atoms with E-state index in [1.165, 1.54) is 193 Å². The molecule has 1 atom stereocenters. The second-order valence-electron chi connectivity index (χ2n) is 18.5. The standard InChI is InChI=1S/C56H104O6/c1-4-7-10-13-16-19-22-24-26-28-29-31-32-34-37-40-43-46-49-55(58)61-52-53(51-60-54(57)48-45-42-39-36-21-18-15-12-9-6-3)62-56(59)50-47-44-41-38-35-33-30-27-25-23-20-17-14-11-8-5-2/h26-28,30,53H,4-25,29,31-52H2,1-3H3/b28-26-,30-27-. The van der Waals surface area contributed by atoms with Gasteiger partial charge >= 0.3 is 17.9 Å². The SMILES string of the molecule is CCCCCCCCC/C=C\CCCCCCCCCC(=O)OCC(COC(=O)CCCCCCCCCCCC)OC(=O)CCCCCCC/C=C\CCCCCCCCC. The van der Waals surface area contributed by atoms with Gasteiger partial charge in [-0.05, 0) is 70.6 Å². The van der Waals surface area contributed by atoms with E-state index >= 15 is 0 Å². The zero-order valence-electron chi connectivity index (χ0n) is 41.7. The molecule has 364 valence electrons. The molecule has 0 aromatic rings. The first-order valence-corrected chi connectivity index (χ1v) is 27.3. The lowest BCUT2D eigenvalue weighted by Gasteiger charge is -2.18. The monoisotopic (exact) mass is 873 g/mol. The summed E-state index contributed by atoms with van der Waals surface area (Å²) in [6.07, 6.45) is 58.8. The van der Waals surface area contributed by atoms with E-state index in [1.807, 2.05) is 0 Å². The van der Waals surface area contributed by atoms with Crippen LogP contribution in [0.4, 0.5) is 0 Å². The third-order valence-corrected chi connectivity index (χ3v) is 12.2. The van der Waals surface area contributed by atoms with Gasteiger partial charge in [0.25, 0.3) is 0 Å². The molecule has 0 spiro atoms. The summed E-state index contributed by atoms with van der Waals surface area (Å²) in [6.45, 7) is 6.64. The van der Waals surface area contributed by atoms with Crippen molar-refractivity contribution in [2.24, 2.45) is 0 Å². The number of rotatable bonds is 50. The first-order valence-electron chi connectivity index (χ1n) is 27.3. The summed E-state index contributed by atoms with van der Waals surface area (Å²) in [5.74, 6) is -0.872. The van der Waals surface area contributed by atoms with Crippen molar-refractivity contribution in [2.75, 3.05) is 13.2 Å². The third-order valence-electron chi connectivity index (χ3n) is 12.2. The quantitative estimate of drug-likeness (QED) is 0.0262. The number of unbranched alkanes of at least 4 members (excludes halogenated alkanes) is 35. The maximum absolute atomic E-state index is 12.8. The Morgan fingerprint density at radius 3 is 0.806 bits per heavy atom. The first-order chi connectivity index (χ1) is 30.5. The van der Waals surface area contributed by atoms with Crippen LogP contribution in [-0.2, 0) is 28.6 Å². The van der Waals surface area contributed by atoms with Crippen molar-refractivity contribution in [2.45, 2.75) is 303 Å². The number of allylic oxidation sites excluding steroid dienone is 4. The smallest absolute Gasteiger partial charge is 0.306 e. The topological polar surface area (TPSA) is 78.9 Å². The average Bonchev–Trinajstić information content (AvgIpc) is 3.27. The van der Waals surface area contributed by atoms with E-state index in [2.05, 4.69) is 45.1 Å². The molecule has 0 aromatic carbocycles. The highest BCUT2D eigenvalue weighted by atomic mass is 16.6. The van der Waals surface area contributed by atoms with Crippen molar-refractivity contribution < 1.29 is 28.6 Å². The molecule has 0 rings (SSSR count). The highest BCUT2D eigenvalue weighted by Gasteiger charge is 2.19. The molecule has 0 amide bonds. The number of hydrogen-bond acceptors (Lipinski definition) is 6. The van der Waals surface area contributed by atoms with Gasteiger partial charge in [0.15, 0.2) is 6.10 Å². The molecule has 0 N–H and O–H groups in total. The van der Waals surface area contributed by atoms with Crippen LogP contribution in [0.5, 0.6) is 0 Å². The largest absolute Gasteiger partial charge is 0.462 e. The maximum atomic E-state index is 12.8. The number of hydrogen-bond donors (Lipinski definition) is 0. The van der Waals surface area contributed by atoms with Gasteiger partial charge in [0.2, 0.25) is 0 Å². The number of esters is 3. The summed E-state index contributed by atoms with van der Waals surface area (Å²) >= 11 is 0. The molecule has 62 heavy (non-hydrogen) atoms. The normalized spacial score (nSPS) is 12.1. The molecule has 0 radical (unpaired) electrons. The molecular formula is C56H104O6. The predicted octanol–water partition coefficient (Wildman–Crippen LogP) is 17.9. The molecule has 0 saturated carbocycles. The summed E-state index contributed by atoms with van der Waals surface area (Å²) in [4.78, 5) is 38.0. The Balaban J connectivity index is 4.31. The number of carbonyl (C=O) groups is 3. The molecular weight excluding hydrogens is 769 g/mol. The van der Waals surface area contributed by atoms with Crippen LogP contribution >= 0.6 is 0 Å². The van der Waals surface area contributed by atoms with Gasteiger partial charge in [-0.3, -0.25) is 14.4 Å². The Kier molecular flexibility index (Phi) is 49.8. The Bertz CT molecular complexity index is 1000. The predicted molar refractivity (Wildman–Crippen MR) is 266 cm³/mol. The van der Waals surface area contributed by atoms with E-state index in [9.17, 15) is 14.4 Å². The van der Waals surface area contributed by atoms with E-state index in [0.29, 0.717) is 19.3 Å². The number of ether oxygens (including phenoxy) is 3. The Morgan fingerprint density at radius 2 is 0.532 bits per heavy atom. The summed E-state index contributed by atoms with van der Waals surface area (Å²) in [5.41, 5.74) is 0. The van der Waals surface area contributed by atoms with Gasteiger partial charge in [-0.1, -0.05) is 231 Å². The minimum atomic E-state index is -0.772. The molecule has 0 saturated heterocycles. The van der Waals surface area contributed by atoms with Crippen molar-refractivity contribution in [3.8, 4) is 0 Å². The zero-order chi connectivity index (χ0) is 45.1. The molecule has 0 bridgehead atoms. The highest BCUT2D eigenvalue weighted by Crippen LogP contribution is 2.15. The lowest BCUT2D eigenvalue weighted by molar-refractivity contribution is -0.167. The van der Waals surface area contributed by atoms with E-state index in [1.54, 1.807) is 0 Å². The van der Waals surface area contributed by atoms with E-state index < -0.39 is 6.10 Å². The van der Waals surface area contributed by atoms with Gasteiger partial charge in [0.1, 0.15) is 13.2 Å². The van der Waals surface area contributed by atoms with Gasteiger partial charge in [-0.2, -0.15) is 0 Å². The minimum absolute atomic E-state index is 0.0723. The molecule has 6 heteroatoms. The Hall–Kier alpha value is -2.11. The fourth-order valence-electron chi connectivity index (χ4n) is 8.02. The molecule has 0 aliphatic heterocycles. The van der Waals surface area contributed by atoms with Gasteiger partial charge in [0.05, 0.1) is 0 Å². The van der Waals surface area contributed by atoms with Crippen LogP contribution in [0.25, 0.3) is 0 Å². The Labute approximate surface area is 385 Å². The first kappa shape index (κ1) is 59.9. The molecule has 0 heterocycles. The van der Waals surface area contributed by atoms with Crippen LogP contribution in [-0.4, -0.2) is 37.2 Å². The second-order valence-corrected chi connectivity index (χ2v) is 18.5. The fourth-order valence-corrected chi connectivity index (χ4v) is 8.02. The van der Waals surface area contributed by atoms with Crippen LogP contribution in [0.2, 0.25) is 0 Å². The maximum Gasteiger partial charge on any atom is 0.306 e. The highest BCUT2D eigenvalue weighted by molar-refractivity contribution is 5.71. The van der Waals surface area contributed by atoms with Crippen molar-refractivity contribution in [3.05, 3.63) is 24.3 Å². The summed E-state index contributed by atoms with van der Waals surface area (Å²) in [6, 6.07) is 0. The molecule has 6 nitrogen and oxygen atoms in total. The third kappa shape index (κ3) is 48.9. The van der Waals surface area contributed by atoms with Crippen molar-refractivity contribution in [1.29, 1.82) is 0 Å². The molecule has 0 aliphatic rings. The molecule has 1 unspecified atom stereocenters. The van der Waals surface area contributed by atoms with Gasteiger partial charge in [0, 0.05) is 19.3 Å². The average molecular weight is 873 g/mol. The minimum Gasteiger partial charge on any atom is -0.462 e. The van der Waals surface area contributed by atoms with Crippen molar-refractivity contribution >= 4 is 17.9 Å². The van der Waals surface area contributed by atoms with Crippen LogP contribution in [0.15, 0.2) is 24.3 Å². The van der Waals surface area contributed by atoms with Crippen LogP contribution in [0.3, 0.4) is 0 Å². The Morgan fingerprint density at radius 1 is 0.306 bits per heavy atom. The van der Waals surface area contributed by atoms with Crippen LogP contribution in [0.1, 0.15) is 297 Å². The summed E-state index contributed by atoms with van der Waals surface area (Å²) < 4.78 is 16.8.